The van der Waals surface area contributed by atoms with Crippen molar-refractivity contribution >= 4 is 11.9 Å². The first-order valence-corrected chi connectivity index (χ1v) is 4.73. The number of hydrogen-bond acceptors (Lipinski definition) is 3. The Hall–Kier alpha value is -1.57. The van der Waals surface area contributed by atoms with Gasteiger partial charge in [0.25, 0.3) is 0 Å². The van der Waals surface area contributed by atoms with Crippen LogP contribution >= 0.6 is 0 Å². The standard InChI is InChI=1S/C7H12N2O.C3H6O2/c1-4-6(10)9-7(2,3)5-8;1-2-3(4)5/h4H2,1-3H3,(H,9,10);2H2,1H3,(H,4,5). The number of nitrogens with one attached hydrogen (secondary N) is 1. The molecule has 0 aliphatic rings. The summed E-state index contributed by atoms with van der Waals surface area (Å²) < 4.78 is 0. The summed E-state index contributed by atoms with van der Waals surface area (Å²) in [6, 6.07) is 1.97. The molecule has 15 heavy (non-hydrogen) atoms. The van der Waals surface area contributed by atoms with Gasteiger partial charge in [-0.3, -0.25) is 9.59 Å². The Morgan fingerprint density at radius 1 is 1.33 bits per heavy atom. The maximum Gasteiger partial charge on any atom is 0.303 e. The molecule has 0 unspecified atom stereocenters. The largest absolute Gasteiger partial charge is 0.481 e. The summed E-state index contributed by atoms with van der Waals surface area (Å²) in [5.41, 5.74) is -0.729. The summed E-state index contributed by atoms with van der Waals surface area (Å²) in [7, 11) is 0. The first kappa shape index (κ1) is 15.9. The molecule has 0 aliphatic heterocycles. The molecule has 0 aromatic carbocycles. The Labute approximate surface area is 90.1 Å². The van der Waals surface area contributed by atoms with E-state index in [1.54, 1.807) is 27.7 Å². The number of carbonyl (C=O) groups excluding carboxylic acids is 1. The minimum Gasteiger partial charge on any atom is -0.481 e. The molecule has 0 aliphatic carbocycles. The van der Waals surface area contributed by atoms with Gasteiger partial charge in [0.15, 0.2) is 0 Å². The van der Waals surface area contributed by atoms with Crippen molar-refractivity contribution in [2.45, 2.75) is 46.1 Å². The summed E-state index contributed by atoms with van der Waals surface area (Å²) in [5.74, 6) is -0.837. The third-order valence-corrected chi connectivity index (χ3v) is 1.35. The second-order valence-corrected chi connectivity index (χ2v) is 3.39. The molecule has 0 rings (SSSR count). The number of nitrogens with zero attached hydrogens (tertiary/aromatic N) is 1. The Bertz CT molecular complexity index is 254. The second kappa shape index (κ2) is 7.80. The summed E-state index contributed by atoms with van der Waals surface area (Å²) >= 11 is 0. The zero-order valence-electron chi connectivity index (χ0n) is 9.63. The van der Waals surface area contributed by atoms with Crippen LogP contribution in [0.25, 0.3) is 0 Å². The topological polar surface area (TPSA) is 90.2 Å². The lowest BCUT2D eigenvalue weighted by Crippen LogP contribution is -2.41. The van der Waals surface area contributed by atoms with Crippen molar-refractivity contribution in [3.63, 3.8) is 0 Å². The van der Waals surface area contributed by atoms with Crippen LogP contribution in [0.5, 0.6) is 0 Å². The summed E-state index contributed by atoms with van der Waals surface area (Å²) in [6.45, 7) is 6.69. The van der Waals surface area contributed by atoms with E-state index in [0.29, 0.717) is 6.42 Å². The van der Waals surface area contributed by atoms with Crippen LogP contribution < -0.4 is 5.32 Å². The fourth-order valence-corrected chi connectivity index (χ4v) is 0.465. The van der Waals surface area contributed by atoms with E-state index < -0.39 is 11.5 Å². The van der Waals surface area contributed by atoms with E-state index in [9.17, 15) is 9.59 Å². The average molecular weight is 214 g/mol. The molecular formula is C10H18N2O3. The molecule has 5 heteroatoms. The van der Waals surface area contributed by atoms with Crippen molar-refractivity contribution in [2.24, 2.45) is 0 Å². The molecule has 1 amide bonds. The zero-order valence-corrected chi connectivity index (χ0v) is 9.63. The van der Waals surface area contributed by atoms with Crippen LogP contribution in [-0.4, -0.2) is 22.5 Å². The highest BCUT2D eigenvalue weighted by Crippen LogP contribution is 1.98. The highest BCUT2D eigenvalue weighted by atomic mass is 16.4. The normalized spacial score (nSPS) is 9.27. The predicted octanol–water partition coefficient (Wildman–Crippen LogP) is 1.30. The minimum absolute atomic E-state index is 0.0912. The van der Waals surface area contributed by atoms with Gasteiger partial charge >= 0.3 is 5.97 Å². The number of carboxylic acid groups (broad SMARTS) is 1. The Balaban J connectivity index is 0. The molecular weight excluding hydrogens is 196 g/mol. The number of aliphatic carboxylic acids is 1. The quantitative estimate of drug-likeness (QED) is 0.740. The highest BCUT2D eigenvalue weighted by Gasteiger charge is 2.17. The van der Waals surface area contributed by atoms with E-state index in [-0.39, 0.29) is 12.3 Å². The van der Waals surface area contributed by atoms with Gasteiger partial charge in [0.2, 0.25) is 5.91 Å². The third-order valence-electron chi connectivity index (χ3n) is 1.35. The Morgan fingerprint density at radius 2 is 1.73 bits per heavy atom. The van der Waals surface area contributed by atoms with Gasteiger partial charge in [-0.25, -0.2) is 0 Å². The maximum atomic E-state index is 10.7. The smallest absolute Gasteiger partial charge is 0.303 e. The molecule has 0 saturated heterocycles. The van der Waals surface area contributed by atoms with E-state index in [1.165, 1.54) is 0 Å². The van der Waals surface area contributed by atoms with Crippen molar-refractivity contribution < 1.29 is 14.7 Å². The van der Waals surface area contributed by atoms with Gasteiger partial charge in [-0.05, 0) is 13.8 Å². The van der Waals surface area contributed by atoms with Gasteiger partial charge in [-0.2, -0.15) is 5.26 Å². The molecule has 0 fully saturated rings. The number of rotatable bonds is 3. The van der Waals surface area contributed by atoms with Gasteiger partial charge in [0, 0.05) is 12.8 Å². The van der Waals surface area contributed by atoms with Crippen molar-refractivity contribution in [1.29, 1.82) is 5.26 Å². The SMILES string of the molecule is CCC(=O)NC(C)(C)C#N.CCC(=O)O. The van der Waals surface area contributed by atoms with Crippen LogP contribution in [0.15, 0.2) is 0 Å². The first-order valence-electron chi connectivity index (χ1n) is 4.73. The molecule has 0 spiro atoms. The fraction of sp³-hybridized carbons (Fsp3) is 0.700. The number of nitriles is 1. The van der Waals surface area contributed by atoms with Gasteiger partial charge in [-0.1, -0.05) is 13.8 Å². The predicted molar refractivity (Wildman–Crippen MR) is 56.1 cm³/mol. The van der Waals surface area contributed by atoms with Crippen LogP contribution in [0.2, 0.25) is 0 Å². The number of carbonyl (C=O) groups is 2. The molecule has 5 nitrogen and oxygen atoms in total. The lowest BCUT2D eigenvalue weighted by molar-refractivity contribution is -0.136. The van der Waals surface area contributed by atoms with Gasteiger partial charge in [0.1, 0.15) is 5.54 Å². The van der Waals surface area contributed by atoms with Crippen LogP contribution in [0.1, 0.15) is 40.5 Å². The van der Waals surface area contributed by atoms with E-state index >= 15 is 0 Å². The van der Waals surface area contributed by atoms with E-state index in [2.05, 4.69) is 5.32 Å². The van der Waals surface area contributed by atoms with Crippen LogP contribution in [0.4, 0.5) is 0 Å². The average Bonchev–Trinajstić information content (AvgIpc) is 2.18. The van der Waals surface area contributed by atoms with Gasteiger partial charge < -0.3 is 10.4 Å². The van der Waals surface area contributed by atoms with Gasteiger partial charge in [-0.15, -0.1) is 0 Å². The zero-order chi connectivity index (χ0) is 12.5. The van der Waals surface area contributed by atoms with Crippen molar-refractivity contribution in [3.05, 3.63) is 0 Å². The second-order valence-electron chi connectivity index (χ2n) is 3.39. The number of hydrogen-bond donors (Lipinski definition) is 2. The summed E-state index contributed by atoms with van der Waals surface area (Å²) in [5, 5.41) is 18.8. The number of carboxylic acids is 1. The van der Waals surface area contributed by atoms with Crippen molar-refractivity contribution in [2.75, 3.05) is 0 Å². The third kappa shape index (κ3) is 12.4. The molecule has 0 radical (unpaired) electrons. The highest BCUT2D eigenvalue weighted by molar-refractivity contribution is 5.76. The fourth-order valence-electron chi connectivity index (χ4n) is 0.465. The van der Waals surface area contributed by atoms with Gasteiger partial charge in [0.05, 0.1) is 6.07 Å². The number of amides is 1. The molecule has 0 bridgehead atoms. The van der Waals surface area contributed by atoms with Crippen LogP contribution in [-0.2, 0) is 9.59 Å². The Kier molecular flexibility index (Phi) is 8.26. The molecule has 0 heterocycles. The molecule has 0 atom stereocenters. The summed E-state index contributed by atoms with van der Waals surface area (Å²) in [6.07, 6.45) is 0.644. The van der Waals surface area contributed by atoms with Crippen LogP contribution in [0.3, 0.4) is 0 Å². The van der Waals surface area contributed by atoms with E-state index in [4.69, 9.17) is 10.4 Å². The lowest BCUT2D eigenvalue weighted by Gasteiger charge is -2.16. The molecule has 0 saturated carbocycles. The Morgan fingerprint density at radius 3 is 1.93 bits per heavy atom. The maximum absolute atomic E-state index is 10.7. The molecule has 86 valence electrons. The van der Waals surface area contributed by atoms with E-state index in [1.807, 2.05) is 6.07 Å². The molecule has 0 aromatic heterocycles. The minimum atomic E-state index is -0.745. The van der Waals surface area contributed by atoms with Crippen molar-refractivity contribution in [1.82, 2.24) is 5.32 Å². The first-order chi connectivity index (χ1) is 6.79. The van der Waals surface area contributed by atoms with E-state index in [0.717, 1.165) is 0 Å². The molecule has 0 aromatic rings. The molecule has 2 N–H and O–H groups in total. The lowest BCUT2D eigenvalue weighted by atomic mass is 10.1. The summed E-state index contributed by atoms with van der Waals surface area (Å²) in [4.78, 5) is 20.1. The van der Waals surface area contributed by atoms with Crippen molar-refractivity contribution in [3.8, 4) is 6.07 Å². The van der Waals surface area contributed by atoms with Crippen LogP contribution in [0, 0.1) is 11.3 Å². The monoisotopic (exact) mass is 214 g/mol.